The van der Waals surface area contributed by atoms with E-state index >= 15 is 0 Å². The molecular formula is C18H24N2O. The Morgan fingerprint density at radius 3 is 2.76 bits per heavy atom. The van der Waals surface area contributed by atoms with Gasteiger partial charge in [0.25, 0.3) is 0 Å². The molecule has 1 heterocycles. The third kappa shape index (κ3) is 2.46. The van der Waals surface area contributed by atoms with E-state index in [9.17, 15) is 0 Å². The van der Waals surface area contributed by atoms with Crippen LogP contribution in [0, 0.1) is 0 Å². The summed E-state index contributed by atoms with van der Waals surface area (Å²) < 4.78 is 5.61. The molecule has 0 bridgehead atoms. The molecule has 1 aromatic carbocycles. The minimum Gasteiger partial charge on any atom is -0.496 e. The number of nitrogens with zero attached hydrogens (tertiary/aromatic N) is 1. The SMILES string of the molecule is C=CCN(CC=C)[C@@H]1Cc2c(OC)ccc3c2[C@H](CN3)C1. The van der Waals surface area contributed by atoms with E-state index in [0.717, 1.165) is 31.8 Å². The Morgan fingerprint density at radius 1 is 1.33 bits per heavy atom. The van der Waals surface area contributed by atoms with E-state index in [1.807, 2.05) is 12.2 Å². The molecule has 0 amide bonds. The summed E-state index contributed by atoms with van der Waals surface area (Å²) in [4.78, 5) is 2.47. The van der Waals surface area contributed by atoms with Gasteiger partial charge in [-0.1, -0.05) is 12.2 Å². The predicted octanol–water partition coefficient (Wildman–Crippen LogP) is 3.19. The number of nitrogens with one attached hydrogen (secondary N) is 1. The first-order valence-electron chi connectivity index (χ1n) is 7.68. The maximum atomic E-state index is 5.61. The molecule has 0 spiro atoms. The normalized spacial score (nSPS) is 22.6. The Balaban J connectivity index is 1.93. The van der Waals surface area contributed by atoms with Crippen LogP contribution in [0.4, 0.5) is 5.69 Å². The van der Waals surface area contributed by atoms with Gasteiger partial charge in [-0.15, -0.1) is 13.2 Å². The van der Waals surface area contributed by atoms with Gasteiger partial charge in [0.1, 0.15) is 5.75 Å². The lowest BCUT2D eigenvalue weighted by Crippen LogP contribution is -2.40. The van der Waals surface area contributed by atoms with E-state index < -0.39 is 0 Å². The van der Waals surface area contributed by atoms with Crippen LogP contribution in [0.3, 0.4) is 0 Å². The fraction of sp³-hybridized carbons (Fsp3) is 0.444. The maximum Gasteiger partial charge on any atom is 0.122 e. The van der Waals surface area contributed by atoms with E-state index in [4.69, 9.17) is 4.74 Å². The molecule has 3 rings (SSSR count). The first kappa shape index (κ1) is 14.2. The van der Waals surface area contributed by atoms with E-state index in [-0.39, 0.29) is 0 Å². The van der Waals surface area contributed by atoms with Crippen molar-refractivity contribution < 1.29 is 4.74 Å². The lowest BCUT2D eigenvalue weighted by Gasteiger charge is -2.36. The van der Waals surface area contributed by atoms with E-state index in [2.05, 4.69) is 35.5 Å². The molecule has 0 fully saturated rings. The molecule has 0 saturated heterocycles. The second kappa shape index (κ2) is 5.94. The van der Waals surface area contributed by atoms with Gasteiger partial charge in [0, 0.05) is 42.8 Å². The van der Waals surface area contributed by atoms with Gasteiger partial charge in [-0.25, -0.2) is 0 Å². The Kier molecular flexibility index (Phi) is 4.02. The molecule has 0 unspecified atom stereocenters. The summed E-state index contributed by atoms with van der Waals surface area (Å²) in [6, 6.07) is 4.78. The van der Waals surface area contributed by atoms with Gasteiger partial charge in [0.2, 0.25) is 0 Å². The van der Waals surface area contributed by atoms with Crippen molar-refractivity contribution in [1.82, 2.24) is 4.90 Å². The Hall–Kier alpha value is -1.74. The van der Waals surface area contributed by atoms with Gasteiger partial charge >= 0.3 is 0 Å². The molecule has 0 radical (unpaired) electrons. The molecular weight excluding hydrogens is 260 g/mol. The molecule has 112 valence electrons. The highest BCUT2D eigenvalue weighted by Gasteiger charge is 2.36. The lowest BCUT2D eigenvalue weighted by atomic mass is 9.80. The molecule has 2 atom stereocenters. The summed E-state index contributed by atoms with van der Waals surface area (Å²) in [5.41, 5.74) is 4.18. The van der Waals surface area contributed by atoms with Crippen LogP contribution in [0.5, 0.6) is 5.75 Å². The Labute approximate surface area is 127 Å². The van der Waals surface area contributed by atoms with Crippen molar-refractivity contribution in [3.63, 3.8) is 0 Å². The number of rotatable bonds is 6. The summed E-state index contributed by atoms with van der Waals surface area (Å²) in [6.45, 7) is 10.6. The third-order valence-corrected chi connectivity index (χ3v) is 4.72. The van der Waals surface area contributed by atoms with Crippen molar-refractivity contribution >= 4 is 5.69 Å². The average Bonchev–Trinajstić information content (AvgIpc) is 2.92. The third-order valence-electron chi connectivity index (χ3n) is 4.72. The van der Waals surface area contributed by atoms with Crippen LogP contribution in [0.2, 0.25) is 0 Å². The van der Waals surface area contributed by atoms with Crippen LogP contribution in [-0.2, 0) is 6.42 Å². The second-order valence-corrected chi connectivity index (χ2v) is 5.91. The largest absolute Gasteiger partial charge is 0.496 e. The first-order valence-corrected chi connectivity index (χ1v) is 7.68. The predicted molar refractivity (Wildman–Crippen MR) is 88.3 cm³/mol. The standard InChI is InChI=1S/C18H24N2O/c1-4-8-20(9-5-2)14-10-13-12-19-16-6-7-17(21-3)15(11-14)18(13)16/h4-7,13-14,19H,1-2,8-12H2,3H3/t13-,14-/m0/s1. The molecule has 0 aromatic heterocycles. The lowest BCUT2D eigenvalue weighted by molar-refractivity contribution is 0.208. The molecule has 1 N–H and O–H groups in total. The van der Waals surface area contributed by atoms with Gasteiger partial charge in [-0.05, 0) is 30.5 Å². The number of benzene rings is 1. The van der Waals surface area contributed by atoms with Crippen LogP contribution >= 0.6 is 0 Å². The topological polar surface area (TPSA) is 24.5 Å². The monoisotopic (exact) mass is 284 g/mol. The Bertz CT molecular complexity index is 542. The maximum absolute atomic E-state index is 5.61. The summed E-state index contributed by atoms with van der Waals surface area (Å²) in [7, 11) is 1.77. The summed E-state index contributed by atoms with van der Waals surface area (Å²) in [5, 5.41) is 3.54. The molecule has 21 heavy (non-hydrogen) atoms. The van der Waals surface area contributed by atoms with Gasteiger partial charge in [0.15, 0.2) is 0 Å². The number of ether oxygens (including phenoxy) is 1. The fourth-order valence-corrected chi connectivity index (χ4v) is 3.83. The van der Waals surface area contributed by atoms with E-state index in [0.29, 0.717) is 12.0 Å². The number of anilines is 1. The van der Waals surface area contributed by atoms with Crippen LogP contribution in [0.15, 0.2) is 37.4 Å². The van der Waals surface area contributed by atoms with Crippen molar-refractivity contribution in [3.05, 3.63) is 48.6 Å². The molecule has 3 heteroatoms. The number of hydrogen-bond donors (Lipinski definition) is 1. The summed E-state index contributed by atoms with van der Waals surface area (Å²) >= 11 is 0. The van der Waals surface area contributed by atoms with Gasteiger partial charge in [-0.3, -0.25) is 4.90 Å². The fourth-order valence-electron chi connectivity index (χ4n) is 3.83. The molecule has 1 aliphatic heterocycles. The van der Waals surface area contributed by atoms with Crippen molar-refractivity contribution in [2.24, 2.45) is 0 Å². The van der Waals surface area contributed by atoms with Gasteiger partial charge in [0.05, 0.1) is 7.11 Å². The molecule has 3 nitrogen and oxygen atoms in total. The molecule has 1 aliphatic carbocycles. The molecule has 2 aliphatic rings. The molecule has 0 saturated carbocycles. The first-order chi connectivity index (χ1) is 10.3. The van der Waals surface area contributed by atoms with Crippen LogP contribution in [0.1, 0.15) is 23.5 Å². The minimum absolute atomic E-state index is 0.530. The highest BCUT2D eigenvalue weighted by atomic mass is 16.5. The van der Waals surface area contributed by atoms with Crippen molar-refractivity contribution in [3.8, 4) is 5.75 Å². The van der Waals surface area contributed by atoms with Crippen LogP contribution < -0.4 is 10.1 Å². The average molecular weight is 284 g/mol. The van der Waals surface area contributed by atoms with Gasteiger partial charge in [-0.2, -0.15) is 0 Å². The second-order valence-electron chi connectivity index (χ2n) is 5.91. The van der Waals surface area contributed by atoms with Crippen molar-refractivity contribution in [1.29, 1.82) is 0 Å². The Morgan fingerprint density at radius 2 is 2.10 bits per heavy atom. The minimum atomic E-state index is 0.530. The quantitative estimate of drug-likeness (QED) is 0.812. The van der Waals surface area contributed by atoms with Crippen LogP contribution in [0.25, 0.3) is 0 Å². The summed E-state index contributed by atoms with van der Waals surface area (Å²) in [6.07, 6.45) is 6.22. The zero-order chi connectivity index (χ0) is 14.8. The van der Waals surface area contributed by atoms with E-state index in [1.165, 1.54) is 23.2 Å². The van der Waals surface area contributed by atoms with Crippen molar-refractivity contribution in [2.45, 2.75) is 24.8 Å². The zero-order valence-corrected chi connectivity index (χ0v) is 12.8. The number of methoxy groups -OCH3 is 1. The summed E-state index contributed by atoms with van der Waals surface area (Å²) in [5.74, 6) is 1.63. The van der Waals surface area contributed by atoms with E-state index in [1.54, 1.807) is 7.11 Å². The van der Waals surface area contributed by atoms with Gasteiger partial charge < -0.3 is 10.1 Å². The zero-order valence-electron chi connectivity index (χ0n) is 12.8. The van der Waals surface area contributed by atoms with Crippen molar-refractivity contribution in [2.75, 3.05) is 32.1 Å². The number of hydrogen-bond acceptors (Lipinski definition) is 3. The van der Waals surface area contributed by atoms with Crippen LogP contribution in [-0.4, -0.2) is 37.7 Å². The highest BCUT2D eigenvalue weighted by Crippen LogP contribution is 2.45. The highest BCUT2D eigenvalue weighted by molar-refractivity contribution is 5.65. The molecule has 1 aromatic rings. The smallest absolute Gasteiger partial charge is 0.122 e.